The number of hydrogen-bond donors (Lipinski definition) is 3. The van der Waals surface area contributed by atoms with E-state index < -0.39 is 11.5 Å². The third-order valence-corrected chi connectivity index (χ3v) is 4.70. The number of thioether (sulfide) groups is 1. The Kier molecular flexibility index (Phi) is 4.50. The highest BCUT2D eigenvalue weighted by Gasteiger charge is 2.41. The molecule has 1 unspecified atom stereocenters. The molecular formula is C12H20N2O3S. The van der Waals surface area contributed by atoms with Gasteiger partial charge in [0.25, 0.3) is 0 Å². The lowest BCUT2D eigenvalue weighted by atomic mass is 9.90. The van der Waals surface area contributed by atoms with Crippen LogP contribution in [0.2, 0.25) is 0 Å². The van der Waals surface area contributed by atoms with E-state index in [-0.39, 0.29) is 11.9 Å². The van der Waals surface area contributed by atoms with Crippen molar-refractivity contribution in [2.75, 3.05) is 11.6 Å². The first-order valence-electron chi connectivity index (χ1n) is 6.51. The first-order valence-corrected chi connectivity index (χ1v) is 7.66. The van der Waals surface area contributed by atoms with Gasteiger partial charge >= 0.3 is 5.97 Å². The van der Waals surface area contributed by atoms with Crippen LogP contribution in [0.5, 0.6) is 0 Å². The fourth-order valence-electron chi connectivity index (χ4n) is 2.61. The van der Waals surface area contributed by atoms with E-state index in [1.54, 1.807) is 11.8 Å². The Hall–Kier alpha value is -0.750. The maximum atomic E-state index is 12.1. The van der Waals surface area contributed by atoms with Gasteiger partial charge in [0.15, 0.2) is 0 Å². The van der Waals surface area contributed by atoms with Gasteiger partial charge in [-0.25, -0.2) is 4.79 Å². The second-order valence-electron chi connectivity index (χ2n) is 5.06. The molecule has 18 heavy (non-hydrogen) atoms. The Morgan fingerprint density at radius 3 is 2.39 bits per heavy atom. The molecule has 0 aromatic heterocycles. The molecule has 0 radical (unpaired) electrons. The summed E-state index contributed by atoms with van der Waals surface area (Å²) in [6.45, 7) is 0. The highest BCUT2D eigenvalue weighted by Crippen LogP contribution is 2.28. The van der Waals surface area contributed by atoms with Gasteiger partial charge in [-0.15, -0.1) is 11.8 Å². The molecule has 1 amide bonds. The summed E-state index contributed by atoms with van der Waals surface area (Å²) < 4.78 is 0. The van der Waals surface area contributed by atoms with Crippen LogP contribution in [-0.2, 0) is 9.59 Å². The molecule has 1 heterocycles. The number of carboxylic acid groups (broad SMARTS) is 1. The normalized spacial score (nSPS) is 27.4. The Balaban J connectivity index is 2.04. The van der Waals surface area contributed by atoms with Gasteiger partial charge in [-0.1, -0.05) is 25.7 Å². The number of carboxylic acids is 1. The van der Waals surface area contributed by atoms with Gasteiger partial charge in [0.05, 0.1) is 6.04 Å². The van der Waals surface area contributed by atoms with Crippen LogP contribution in [-0.4, -0.2) is 40.2 Å². The second kappa shape index (κ2) is 5.93. The predicted octanol–water partition coefficient (Wildman–Crippen LogP) is 0.943. The smallest absolute Gasteiger partial charge is 0.329 e. The topological polar surface area (TPSA) is 78.4 Å². The third kappa shape index (κ3) is 2.98. The molecule has 1 saturated heterocycles. The Morgan fingerprint density at radius 1 is 1.22 bits per heavy atom. The molecule has 2 aliphatic rings. The monoisotopic (exact) mass is 272 g/mol. The van der Waals surface area contributed by atoms with Crippen molar-refractivity contribution in [3.63, 3.8) is 0 Å². The minimum Gasteiger partial charge on any atom is -0.480 e. The van der Waals surface area contributed by atoms with Gasteiger partial charge in [0.2, 0.25) is 5.91 Å². The van der Waals surface area contributed by atoms with Crippen molar-refractivity contribution in [1.29, 1.82) is 0 Å². The number of hydrogen-bond acceptors (Lipinski definition) is 4. The molecule has 0 spiro atoms. The van der Waals surface area contributed by atoms with Crippen molar-refractivity contribution in [3.8, 4) is 0 Å². The number of carbonyl (C=O) groups is 2. The van der Waals surface area contributed by atoms with Crippen molar-refractivity contribution in [2.24, 2.45) is 0 Å². The molecule has 6 heteroatoms. The molecule has 0 bridgehead atoms. The van der Waals surface area contributed by atoms with Gasteiger partial charge in [-0.3, -0.25) is 10.1 Å². The molecular weight excluding hydrogens is 252 g/mol. The first-order chi connectivity index (χ1) is 8.64. The lowest BCUT2D eigenvalue weighted by Gasteiger charge is -2.30. The van der Waals surface area contributed by atoms with Crippen LogP contribution in [0.15, 0.2) is 0 Å². The molecule has 1 saturated carbocycles. The van der Waals surface area contributed by atoms with Gasteiger partial charge in [-0.2, -0.15) is 0 Å². The van der Waals surface area contributed by atoms with E-state index in [9.17, 15) is 14.7 Å². The van der Waals surface area contributed by atoms with E-state index in [0.29, 0.717) is 12.8 Å². The SMILES string of the molecule is O=C(NC1(C(=O)O)CCCCCC1)C1CSCN1. The minimum atomic E-state index is -1.04. The minimum absolute atomic E-state index is 0.163. The Bertz CT molecular complexity index is 321. The number of amides is 1. The zero-order valence-corrected chi connectivity index (χ0v) is 11.2. The summed E-state index contributed by atoms with van der Waals surface area (Å²) in [6.07, 6.45) is 4.96. The largest absolute Gasteiger partial charge is 0.480 e. The first kappa shape index (κ1) is 13.7. The van der Waals surface area contributed by atoms with Gasteiger partial charge in [0.1, 0.15) is 5.54 Å². The summed E-state index contributed by atoms with van der Waals surface area (Å²) in [5.41, 5.74) is -1.04. The second-order valence-corrected chi connectivity index (χ2v) is 6.09. The fourth-order valence-corrected chi connectivity index (χ4v) is 3.55. The van der Waals surface area contributed by atoms with Crippen molar-refractivity contribution in [3.05, 3.63) is 0 Å². The molecule has 2 fully saturated rings. The molecule has 5 nitrogen and oxygen atoms in total. The van der Waals surface area contributed by atoms with E-state index in [1.165, 1.54) is 0 Å². The summed E-state index contributed by atoms with van der Waals surface area (Å²) in [4.78, 5) is 23.6. The quantitative estimate of drug-likeness (QED) is 0.667. The van der Waals surface area contributed by atoms with Crippen molar-refractivity contribution in [1.82, 2.24) is 10.6 Å². The summed E-state index contributed by atoms with van der Waals surface area (Å²) in [7, 11) is 0. The van der Waals surface area contributed by atoms with Gasteiger partial charge in [0, 0.05) is 11.6 Å². The van der Waals surface area contributed by atoms with E-state index in [1.807, 2.05) is 0 Å². The van der Waals surface area contributed by atoms with E-state index in [4.69, 9.17) is 0 Å². The van der Waals surface area contributed by atoms with Crippen LogP contribution < -0.4 is 10.6 Å². The number of nitrogens with one attached hydrogen (secondary N) is 2. The molecule has 3 N–H and O–H groups in total. The zero-order chi connectivity index (χ0) is 13.0. The predicted molar refractivity (Wildman–Crippen MR) is 70.5 cm³/mol. The highest BCUT2D eigenvalue weighted by atomic mass is 32.2. The van der Waals surface area contributed by atoms with Crippen molar-refractivity contribution < 1.29 is 14.7 Å². The molecule has 2 rings (SSSR count). The number of aliphatic carboxylic acids is 1. The van der Waals surface area contributed by atoms with Gasteiger partial charge < -0.3 is 10.4 Å². The standard InChI is InChI=1S/C12H20N2O3S/c15-10(9-7-18-8-13-9)14-12(11(16)17)5-3-1-2-4-6-12/h9,13H,1-8H2,(H,14,15)(H,16,17). The maximum absolute atomic E-state index is 12.1. The lowest BCUT2D eigenvalue weighted by molar-refractivity contribution is -0.148. The van der Waals surface area contributed by atoms with Crippen LogP contribution in [0, 0.1) is 0 Å². The summed E-state index contributed by atoms with van der Waals surface area (Å²) in [5, 5.41) is 15.3. The fraction of sp³-hybridized carbons (Fsp3) is 0.833. The van der Waals surface area contributed by atoms with E-state index in [0.717, 1.165) is 37.3 Å². The molecule has 0 aromatic rings. The lowest BCUT2D eigenvalue weighted by Crippen LogP contribution is -2.58. The molecule has 1 aliphatic carbocycles. The van der Waals surface area contributed by atoms with E-state index >= 15 is 0 Å². The van der Waals surface area contributed by atoms with Crippen LogP contribution in [0.3, 0.4) is 0 Å². The highest BCUT2D eigenvalue weighted by molar-refractivity contribution is 7.99. The van der Waals surface area contributed by atoms with Crippen LogP contribution in [0.4, 0.5) is 0 Å². The maximum Gasteiger partial charge on any atom is 0.329 e. The molecule has 1 atom stereocenters. The van der Waals surface area contributed by atoms with Crippen molar-refractivity contribution >= 4 is 23.6 Å². The Labute approximate surface area is 111 Å². The van der Waals surface area contributed by atoms with E-state index in [2.05, 4.69) is 10.6 Å². The Morgan fingerprint density at radius 2 is 1.89 bits per heavy atom. The van der Waals surface area contributed by atoms with Crippen LogP contribution in [0.25, 0.3) is 0 Å². The zero-order valence-electron chi connectivity index (χ0n) is 10.4. The summed E-state index contributed by atoms with van der Waals surface area (Å²) >= 11 is 1.66. The molecule has 102 valence electrons. The van der Waals surface area contributed by atoms with Crippen LogP contribution >= 0.6 is 11.8 Å². The van der Waals surface area contributed by atoms with Crippen LogP contribution in [0.1, 0.15) is 38.5 Å². The molecule has 1 aliphatic heterocycles. The molecule has 0 aromatic carbocycles. The summed E-state index contributed by atoms with van der Waals surface area (Å²) in [6, 6.07) is -0.241. The average molecular weight is 272 g/mol. The van der Waals surface area contributed by atoms with Crippen molar-refractivity contribution in [2.45, 2.75) is 50.1 Å². The van der Waals surface area contributed by atoms with Gasteiger partial charge in [-0.05, 0) is 12.8 Å². The number of carbonyl (C=O) groups excluding carboxylic acids is 1. The number of rotatable bonds is 3. The average Bonchev–Trinajstić information content (AvgIpc) is 2.77. The third-order valence-electron chi connectivity index (χ3n) is 3.76. The summed E-state index contributed by atoms with van der Waals surface area (Å²) in [5.74, 6) is 0.437.